The Kier molecular flexibility index (Phi) is 3.81. The zero-order chi connectivity index (χ0) is 17.6. The fourth-order valence-electron chi connectivity index (χ4n) is 3.39. The molecule has 5 heteroatoms. The van der Waals surface area contributed by atoms with Gasteiger partial charge in [-0.15, -0.1) is 0 Å². The summed E-state index contributed by atoms with van der Waals surface area (Å²) in [6, 6.07) is 6.13. The van der Waals surface area contributed by atoms with Crippen molar-refractivity contribution in [1.82, 2.24) is 9.88 Å². The average molecular weight is 336 g/mol. The van der Waals surface area contributed by atoms with E-state index in [1.54, 1.807) is 12.4 Å². The van der Waals surface area contributed by atoms with E-state index in [1.165, 1.54) is 5.56 Å². The maximum absolute atomic E-state index is 12.0. The zero-order valence-corrected chi connectivity index (χ0v) is 14.6. The molecule has 5 nitrogen and oxygen atoms in total. The summed E-state index contributed by atoms with van der Waals surface area (Å²) in [6.45, 7) is 7.85. The molecule has 3 heterocycles. The highest BCUT2D eigenvalue weighted by Gasteiger charge is 2.23. The van der Waals surface area contributed by atoms with Gasteiger partial charge >= 0.3 is 5.63 Å². The van der Waals surface area contributed by atoms with Crippen LogP contribution in [0.25, 0.3) is 11.0 Å². The first-order valence-corrected chi connectivity index (χ1v) is 8.35. The molecule has 4 rings (SSSR count). The fraction of sp³-hybridized carbons (Fsp3) is 0.300. The maximum atomic E-state index is 12.0. The Morgan fingerprint density at radius 3 is 2.64 bits per heavy atom. The molecule has 2 aromatic heterocycles. The van der Waals surface area contributed by atoms with Crippen LogP contribution in [0.3, 0.4) is 0 Å². The number of hydrogen-bond acceptors (Lipinski definition) is 5. The molecule has 1 aliphatic heterocycles. The first-order valence-electron chi connectivity index (χ1n) is 8.35. The molecule has 0 unspecified atom stereocenters. The summed E-state index contributed by atoms with van der Waals surface area (Å²) in [6.07, 6.45) is 3.61. The van der Waals surface area contributed by atoms with Crippen molar-refractivity contribution in [2.45, 2.75) is 33.9 Å². The van der Waals surface area contributed by atoms with Crippen molar-refractivity contribution >= 4 is 11.0 Å². The van der Waals surface area contributed by atoms with Crippen LogP contribution in [0.1, 0.15) is 27.8 Å². The Balaban J connectivity index is 1.75. The number of nitrogens with zero attached hydrogens (tertiary/aromatic N) is 2. The topological polar surface area (TPSA) is 55.6 Å². The van der Waals surface area contributed by atoms with Gasteiger partial charge in [0, 0.05) is 47.6 Å². The highest BCUT2D eigenvalue weighted by molar-refractivity contribution is 5.87. The summed E-state index contributed by atoms with van der Waals surface area (Å²) in [5, 5.41) is 0.989. The minimum Gasteiger partial charge on any atom is -0.477 e. The van der Waals surface area contributed by atoms with Crippen LogP contribution >= 0.6 is 0 Å². The second-order valence-corrected chi connectivity index (χ2v) is 6.62. The van der Waals surface area contributed by atoms with Gasteiger partial charge in [0.05, 0.1) is 0 Å². The van der Waals surface area contributed by atoms with Gasteiger partial charge in [-0.25, -0.2) is 4.79 Å². The molecule has 0 bridgehead atoms. The van der Waals surface area contributed by atoms with E-state index in [1.807, 2.05) is 32.9 Å². The lowest BCUT2D eigenvalue weighted by Crippen LogP contribution is -2.32. The zero-order valence-electron chi connectivity index (χ0n) is 14.6. The normalized spacial score (nSPS) is 14.4. The van der Waals surface area contributed by atoms with Crippen molar-refractivity contribution in [2.24, 2.45) is 0 Å². The number of aryl methyl sites for hydroxylation is 2. The first kappa shape index (κ1) is 15.8. The Bertz CT molecular complexity index is 1010. The van der Waals surface area contributed by atoms with E-state index in [0.717, 1.165) is 40.9 Å². The van der Waals surface area contributed by atoms with E-state index in [4.69, 9.17) is 9.15 Å². The number of pyridine rings is 1. The quantitative estimate of drug-likeness (QED) is 0.671. The molecule has 0 atom stereocenters. The van der Waals surface area contributed by atoms with E-state index >= 15 is 0 Å². The number of ether oxygens (including phenoxy) is 1. The third-order valence-corrected chi connectivity index (χ3v) is 4.94. The molecule has 0 fully saturated rings. The Morgan fingerprint density at radius 2 is 1.88 bits per heavy atom. The number of hydrogen-bond donors (Lipinski definition) is 0. The summed E-state index contributed by atoms with van der Waals surface area (Å²) in [5.41, 5.74) is 5.23. The fourth-order valence-corrected chi connectivity index (χ4v) is 3.39. The van der Waals surface area contributed by atoms with Crippen LogP contribution in [-0.2, 0) is 13.1 Å². The van der Waals surface area contributed by atoms with Gasteiger partial charge in [0.2, 0.25) is 0 Å². The number of benzene rings is 1. The third-order valence-electron chi connectivity index (χ3n) is 4.94. The lowest BCUT2D eigenvalue weighted by Gasteiger charge is -2.30. The van der Waals surface area contributed by atoms with E-state index in [0.29, 0.717) is 17.9 Å². The number of rotatable bonds is 2. The van der Waals surface area contributed by atoms with Crippen molar-refractivity contribution in [3.05, 3.63) is 68.8 Å². The predicted molar refractivity (Wildman–Crippen MR) is 95.7 cm³/mol. The molecule has 25 heavy (non-hydrogen) atoms. The van der Waals surface area contributed by atoms with Crippen LogP contribution in [-0.4, -0.2) is 16.6 Å². The van der Waals surface area contributed by atoms with E-state index in [2.05, 4.69) is 16.0 Å². The molecule has 1 aliphatic rings. The van der Waals surface area contributed by atoms with Gasteiger partial charge in [-0.05, 0) is 50.1 Å². The Morgan fingerprint density at radius 1 is 1.12 bits per heavy atom. The predicted octanol–water partition coefficient (Wildman–Crippen LogP) is 3.47. The SMILES string of the molecule is Cc1c(C)c2cc3c(c(C)c2oc1=O)OCN(Cc1ccncc1)C3. The summed E-state index contributed by atoms with van der Waals surface area (Å²) in [4.78, 5) is 18.3. The minimum absolute atomic E-state index is 0.275. The lowest BCUT2D eigenvalue weighted by atomic mass is 9.99. The third kappa shape index (κ3) is 2.70. The van der Waals surface area contributed by atoms with Gasteiger partial charge in [-0.1, -0.05) is 0 Å². The van der Waals surface area contributed by atoms with Gasteiger partial charge in [0.15, 0.2) is 0 Å². The maximum Gasteiger partial charge on any atom is 0.339 e. The molecule has 0 N–H and O–H groups in total. The minimum atomic E-state index is -0.275. The molecule has 0 aliphatic carbocycles. The molecular formula is C20H20N2O3. The molecule has 0 saturated heterocycles. The Hall–Kier alpha value is -2.66. The van der Waals surface area contributed by atoms with Crippen molar-refractivity contribution < 1.29 is 9.15 Å². The summed E-state index contributed by atoms with van der Waals surface area (Å²) in [5.74, 6) is 0.838. The smallest absolute Gasteiger partial charge is 0.339 e. The molecule has 0 spiro atoms. The lowest BCUT2D eigenvalue weighted by molar-refractivity contribution is 0.0881. The van der Waals surface area contributed by atoms with Crippen molar-refractivity contribution in [3.63, 3.8) is 0 Å². The van der Waals surface area contributed by atoms with Gasteiger partial charge in [0.1, 0.15) is 18.1 Å². The number of fused-ring (bicyclic) bond motifs is 2. The van der Waals surface area contributed by atoms with Crippen LogP contribution in [0.15, 0.2) is 39.8 Å². The van der Waals surface area contributed by atoms with E-state index in [-0.39, 0.29) is 5.63 Å². The number of aromatic nitrogens is 1. The van der Waals surface area contributed by atoms with Crippen LogP contribution in [0.4, 0.5) is 0 Å². The molecule has 0 amide bonds. The molecule has 3 aromatic rings. The summed E-state index contributed by atoms with van der Waals surface area (Å²) >= 11 is 0. The second kappa shape index (κ2) is 6.01. The largest absolute Gasteiger partial charge is 0.477 e. The van der Waals surface area contributed by atoms with Crippen molar-refractivity contribution in [2.75, 3.05) is 6.73 Å². The van der Waals surface area contributed by atoms with E-state index in [9.17, 15) is 4.79 Å². The molecular weight excluding hydrogens is 316 g/mol. The summed E-state index contributed by atoms with van der Waals surface area (Å²) < 4.78 is 11.5. The van der Waals surface area contributed by atoms with E-state index < -0.39 is 0 Å². The second-order valence-electron chi connectivity index (χ2n) is 6.62. The van der Waals surface area contributed by atoms with Gasteiger partial charge in [-0.2, -0.15) is 0 Å². The van der Waals surface area contributed by atoms with Crippen molar-refractivity contribution in [1.29, 1.82) is 0 Å². The highest BCUT2D eigenvalue weighted by Crippen LogP contribution is 2.36. The van der Waals surface area contributed by atoms with Gasteiger partial charge < -0.3 is 9.15 Å². The molecule has 128 valence electrons. The standard InChI is InChI=1S/C20H20N2O3/c1-12-13(2)20(23)25-19-14(3)18-16(8-17(12)19)10-22(11-24-18)9-15-4-6-21-7-5-15/h4-8H,9-11H2,1-3H3. The molecule has 0 saturated carbocycles. The molecule has 1 aromatic carbocycles. The van der Waals surface area contributed by atoms with Crippen LogP contribution in [0.5, 0.6) is 5.75 Å². The summed E-state index contributed by atoms with van der Waals surface area (Å²) in [7, 11) is 0. The van der Waals surface area contributed by atoms with Crippen molar-refractivity contribution in [3.8, 4) is 5.75 Å². The van der Waals surface area contributed by atoms with Crippen LogP contribution in [0.2, 0.25) is 0 Å². The first-order chi connectivity index (χ1) is 12.0. The highest BCUT2D eigenvalue weighted by atomic mass is 16.5. The monoisotopic (exact) mass is 336 g/mol. The Labute approximate surface area is 145 Å². The van der Waals surface area contributed by atoms with Gasteiger partial charge in [-0.3, -0.25) is 9.88 Å². The van der Waals surface area contributed by atoms with Crippen LogP contribution in [0, 0.1) is 20.8 Å². The van der Waals surface area contributed by atoms with Gasteiger partial charge in [0.25, 0.3) is 0 Å². The van der Waals surface area contributed by atoms with Crippen LogP contribution < -0.4 is 10.4 Å². The molecule has 0 radical (unpaired) electrons. The average Bonchev–Trinajstić information content (AvgIpc) is 2.62.